The first kappa shape index (κ1) is 17.4. The van der Waals surface area contributed by atoms with Gasteiger partial charge >= 0.3 is 0 Å². The molecule has 4 heteroatoms. The number of halogens is 1. The van der Waals surface area contributed by atoms with E-state index in [1.165, 1.54) is 0 Å². The number of ether oxygens (including phenoxy) is 1. The first-order valence-corrected chi connectivity index (χ1v) is 8.09. The van der Waals surface area contributed by atoms with Crippen LogP contribution in [0.2, 0.25) is 5.02 Å². The summed E-state index contributed by atoms with van der Waals surface area (Å²) < 4.78 is 5.88. The molecule has 0 aliphatic carbocycles. The molecule has 0 heterocycles. The van der Waals surface area contributed by atoms with Gasteiger partial charge in [-0.2, -0.15) is 0 Å². The third-order valence-corrected chi connectivity index (χ3v) is 3.82. The second-order valence-electron chi connectivity index (χ2n) is 5.79. The summed E-state index contributed by atoms with van der Waals surface area (Å²) in [5.74, 6) is 0.564. The second-order valence-corrected chi connectivity index (χ2v) is 6.22. The Morgan fingerprint density at radius 2 is 1.78 bits per heavy atom. The van der Waals surface area contributed by atoms with Crippen molar-refractivity contribution < 1.29 is 9.53 Å². The maximum Gasteiger partial charge on any atom is 0.265 e. The Labute approximate surface area is 142 Å². The van der Waals surface area contributed by atoms with Gasteiger partial charge in [0.05, 0.1) is 0 Å². The number of rotatable bonds is 5. The van der Waals surface area contributed by atoms with Gasteiger partial charge in [0.25, 0.3) is 5.91 Å². The molecule has 3 nitrogen and oxygen atoms in total. The van der Waals surface area contributed by atoms with Crippen LogP contribution in [0.4, 0.5) is 5.69 Å². The fourth-order valence-electron chi connectivity index (χ4n) is 2.47. The highest BCUT2D eigenvalue weighted by atomic mass is 35.5. The van der Waals surface area contributed by atoms with E-state index in [-0.39, 0.29) is 5.91 Å². The SMILES string of the molecule is CC[C@H](Oc1cc(C)cc(C)c1)C(=O)Nc1ccc(Cl)cc1C. The Balaban J connectivity index is 2.12. The molecule has 0 aromatic heterocycles. The van der Waals surface area contributed by atoms with E-state index in [1.54, 1.807) is 12.1 Å². The molecule has 0 saturated heterocycles. The molecule has 2 aromatic carbocycles. The Bertz CT molecular complexity index is 692. The lowest BCUT2D eigenvalue weighted by atomic mass is 10.1. The molecule has 23 heavy (non-hydrogen) atoms. The molecule has 0 aliphatic heterocycles. The molecule has 0 fully saturated rings. The van der Waals surface area contributed by atoms with Gasteiger partial charge in [0.2, 0.25) is 0 Å². The standard InChI is InChI=1S/C19H22ClNO2/c1-5-18(23-16-9-12(2)8-13(3)10-16)19(22)21-17-7-6-15(20)11-14(17)4/h6-11,18H,5H2,1-4H3,(H,21,22)/t18-/m0/s1. The highest BCUT2D eigenvalue weighted by molar-refractivity contribution is 6.30. The van der Waals surface area contributed by atoms with Crippen molar-refractivity contribution in [2.24, 2.45) is 0 Å². The zero-order chi connectivity index (χ0) is 17.0. The first-order valence-electron chi connectivity index (χ1n) is 7.71. The van der Waals surface area contributed by atoms with Gasteiger partial charge in [-0.25, -0.2) is 0 Å². The third kappa shape index (κ3) is 4.73. The van der Waals surface area contributed by atoms with E-state index in [9.17, 15) is 4.79 Å². The quantitative estimate of drug-likeness (QED) is 0.831. The van der Waals surface area contributed by atoms with Gasteiger partial charge in [0, 0.05) is 10.7 Å². The fraction of sp³-hybridized carbons (Fsp3) is 0.316. The number of aryl methyl sites for hydroxylation is 3. The van der Waals surface area contributed by atoms with E-state index in [1.807, 2.05) is 45.9 Å². The number of hydrogen-bond donors (Lipinski definition) is 1. The molecule has 1 N–H and O–H groups in total. The van der Waals surface area contributed by atoms with Crippen LogP contribution in [0, 0.1) is 20.8 Å². The molecule has 2 rings (SSSR count). The van der Waals surface area contributed by atoms with Gasteiger partial charge in [0.15, 0.2) is 6.10 Å². The summed E-state index contributed by atoms with van der Waals surface area (Å²) in [5, 5.41) is 3.57. The smallest absolute Gasteiger partial charge is 0.265 e. The van der Waals surface area contributed by atoms with Crippen molar-refractivity contribution in [3.05, 3.63) is 58.1 Å². The number of anilines is 1. The Morgan fingerprint density at radius 3 is 2.35 bits per heavy atom. The van der Waals surface area contributed by atoms with Gasteiger partial charge in [-0.3, -0.25) is 4.79 Å². The maximum atomic E-state index is 12.5. The second kappa shape index (κ2) is 7.51. The predicted octanol–water partition coefficient (Wildman–Crippen LogP) is 5.06. The molecule has 0 aliphatic rings. The van der Waals surface area contributed by atoms with Crippen LogP contribution in [-0.2, 0) is 4.79 Å². The van der Waals surface area contributed by atoms with Crippen molar-refractivity contribution in [1.82, 2.24) is 0 Å². The van der Waals surface area contributed by atoms with Crippen molar-refractivity contribution in [1.29, 1.82) is 0 Å². The molecule has 0 spiro atoms. The van der Waals surface area contributed by atoms with Crippen LogP contribution >= 0.6 is 11.6 Å². The lowest BCUT2D eigenvalue weighted by Gasteiger charge is -2.19. The first-order chi connectivity index (χ1) is 10.9. The van der Waals surface area contributed by atoms with Crippen LogP contribution in [0.1, 0.15) is 30.0 Å². The average Bonchev–Trinajstić information content (AvgIpc) is 2.46. The predicted molar refractivity (Wildman–Crippen MR) is 95.4 cm³/mol. The average molecular weight is 332 g/mol. The normalized spacial score (nSPS) is 11.9. The van der Waals surface area contributed by atoms with E-state index in [4.69, 9.17) is 16.3 Å². The van der Waals surface area contributed by atoms with Gasteiger partial charge in [0.1, 0.15) is 5.75 Å². The van der Waals surface area contributed by atoms with Crippen molar-refractivity contribution in [3.63, 3.8) is 0 Å². The Hall–Kier alpha value is -2.00. The van der Waals surface area contributed by atoms with Crippen molar-refractivity contribution in [2.45, 2.75) is 40.2 Å². The topological polar surface area (TPSA) is 38.3 Å². The van der Waals surface area contributed by atoms with E-state index < -0.39 is 6.10 Å². The highest BCUT2D eigenvalue weighted by Crippen LogP contribution is 2.22. The summed E-state index contributed by atoms with van der Waals surface area (Å²) >= 11 is 5.94. The monoisotopic (exact) mass is 331 g/mol. The van der Waals surface area contributed by atoms with Crippen LogP contribution in [0.25, 0.3) is 0 Å². The number of benzene rings is 2. The minimum atomic E-state index is -0.536. The van der Waals surface area contributed by atoms with Crippen LogP contribution in [0.5, 0.6) is 5.75 Å². The zero-order valence-electron chi connectivity index (χ0n) is 13.9. The highest BCUT2D eigenvalue weighted by Gasteiger charge is 2.19. The minimum absolute atomic E-state index is 0.155. The third-order valence-electron chi connectivity index (χ3n) is 3.58. The molecular formula is C19H22ClNO2. The minimum Gasteiger partial charge on any atom is -0.481 e. The Kier molecular flexibility index (Phi) is 5.67. The summed E-state index contributed by atoms with van der Waals surface area (Å²) in [7, 11) is 0. The molecule has 1 atom stereocenters. The van der Waals surface area contributed by atoms with Crippen LogP contribution < -0.4 is 10.1 Å². The summed E-state index contributed by atoms with van der Waals surface area (Å²) in [6, 6.07) is 11.3. The molecule has 0 radical (unpaired) electrons. The van der Waals surface area contributed by atoms with Gasteiger partial charge in [-0.15, -0.1) is 0 Å². The Morgan fingerprint density at radius 1 is 1.13 bits per heavy atom. The molecule has 0 bridgehead atoms. The van der Waals surface area contributed by atoms with Gasteiger partial charge in [-0.1, -0.05) is 24.6 Å². The summed E-state index contributed by atoms with van der Waals surface area (Å²) in [6.07, 6.45) is 0.0529. The van der Waals surface area contributed by atoms with Crippen molar-refractivity contribution >= 4 is 23.2 Å². The van der Waals surface area contributed by atoms with Gasteiger partial charge < -0.3 is 10.1 Å². The van der Waals surface area contributed by atoms with Crippen LogP contribution in [-0.4, -0.2) is 12.0 Å². The number of hydrogen-bond acceptors (Lipinski definition) is 2. The largest absolute Gasteiger partial charge is 0.481 e. The summed E-state index contributed by atoms with van der Waals surface area (Å²) in [4.78, 5) is 12.5. The summed E-state index contributed by atoms with van der Waals surface area (Å²) in [6.45, 7) is 7.87. The number of carbonyl (C=O) groups is 1. The maximum absolute atomic E-state index is 12.5. The molecule has 122 valence electrons. The lowest BCUT2D eigenvalue weighted by molar-refractivity contribution is -0.122. The summed E-state index contributed by atoms with van der Waals surface area (Å²) in [5.41, 5.74) is 3.90. The lowest BCUT2D eigenvalue weighted by Crippen LogP contribution is -2.32. The number of amides is 1. The van der Waals surface area contributed by atoms with E-state index in [2.05, 4.69) is 11.4 Å². The number of nitrogens with one attached hydrogen (secondary N) is 1. The van der Waals surface area contributed by atoms with Gasteiger partial charge in [-0.05, 0) is 74.2 Å². The molecular weight excluding hydrogens is 310 g/mol. The number of carbonyl (C=O) groups excluding carboxylic acids is 1. The molecule has 0 unspecified atom stereocenters. The fourth-order valence-corrected chi connectivity index (χ4v) is 2.69. The van der Waals surface area contributed by atoms with E-state index in [0.717, 1.165) is 28.1 Å². The van der Waals surface area contributed by atoms with E-state index in [0.29, 0.717) is 11.4 Å². The molecule has 2 aromatic rings. The van der Waals surface area contributed by atoms with Crippen molar-refractivity contribution in [3.8, 4) is 5.75 Å². The van der Waals surface area contributed by atoms with Crippen LogP contribution in [0.15, 0.2) is 36.4 Å². The van der Waals surface area contributed by atoms with Crippen LogP contribution in [0.3, 0.4) is 0 Å². The molecule has 1 amide bonds. The van der Waals surface area contributed by atoms with E-state index >= 15 is 0 Å². The molecule has 0 saturated carbocycles. The van der Waals surface area contributed by atoms with Crippen molar-refractivity contribution in [2.75, 3.05) is 5.32 Å². The zero-order valence-corrected chi connectivity index (χ0v) is 14.7.